The molecule has 0 aliphatic heterocycles. The maximum Gasteiger partial charge on any atom is 0.242 e. The van der Waals surface area contributed by atoms with Crippen LogP contribution in [0.3, 0.4) is 0 Å². The molecule has 0 atom stereocenters. The van der Waals surface area contributed by atoms with Crippen molar-refractivity contribution in [1.82, 2.24) is 20.6 Å². The molecule has 32 heavy (non-hydrogen) atoms. The number of aromatic nitrogens is 1. The lowest BCUT2D eigenvalue weighted by Crippen LogP contribution is -2.43. The van der Waals surface area contributed by atoms with Crippen molar-refractivity contribution in [2.24, 2.45) is 0 Å². The zero-order valence-electron chi connectivity index (χ0n) is 17.6. The Balaban J connectivity index is 1.23. The van der Waals surface area contributed by atoms with Crippen LogP contribution in [-0.2, 0) is 38.9 Å². The molecule has 9 heteroatoms. The number of hydrazine groups is 1. The Bertz CT molecular complexity index is 1250. The highest BCUT2D eigenvalue weighted by Gasteiger charge is 2.18. The van der Waals surface area contributed by atoms with Crippen LogP contribution >= 0.6 is 0 Å². The second-order valence-electron chi connectivity index (χ2n) is 7.92. The number of nitrogens with one attached hydrogen (secondary N) is 4. The number of carbonyl (C=O) groups is 2. The third kappa shape index (κ3) is 5.17. The molecule has 0 saturated carbocycles. The monoisotopic (exact) mass is 454 g/mol. The van der Waals surface area contributed by atoms with E-state index in [0.29, 0.717) is 0 Å². The van der Waals surface area contributed by atoms with Crippen molar-refractivity contribution in [3.8, 4) is 0 Å². The third-order valence-corrected chi connectivity index (χ3v) is 7.10. The maximum atomic E-state index is 12.5. The first-order chi connectivity index (χ1) is 15.4. The molecule has 0 saturated heterocycles. The van der Waals surface area contributed by atoms with Crippen molar-refractivity contribution in [2.75, 3.05) is 6.54 Å². The van der Waals surface area contributed by atoms with E-state index in [1.807, 2.05) is 30.3 Å². The van der Waals surface area contributed by atoms with Gasteiger partial charge in [-0.1, -0.05) is 24.3 Å². The van der Waals surface area contributed by atoms with Gasteiger partial charge in [0, 0.05) is 30.1 Å². The van der Waals surface area contributed by atoms with Gasteiger partial charge < -0.3 is 4.98 Å². The number of para-hydroxylation sites is 1. The molecule has 168 valence electrons. The minimum atomic E-state index is -3.70. The maximum absolute atomic E-state index is 12.5. The molecule has 0 unspecified atom stereocenters. The molecule has 1 aromatic heterocycles. The molecule has 4 rings (SSSR count). The molecule has 4 N–H and O–H groups in total. The van der Waals surface area contributed by atoms with Crippen LogP contribution in [0.2, 0.25) is 0 Å². The molecule has 0 fully saturated rings. The fourth-order valence-corrected chi connectivity index (χ4v) is 5.04. The van der Waals surface area contributed by atoms with Crippen molar-refractivity contribution in [3.63, 3.8) is 0 Å². The second kappa shape index (κ2) is 9.54. The van der Waals surface area contributed by atoms with E-state index in [4.69, 9.17) is 0 Å². The summed E-state index contributed by atoms with van der Waals surface area (Å²) in [4.78, 5) is 27.5. The number of amides is 2. The number of aromatic amines is 1. The largest absolute Gasteiger partial charge is 0.361 e. The lowest BCUT2D eigenvalue weighted by Gasteiger charge is -2.16. The van der Waals surface area contributed by atoms with Gasteiger partial charge in [0.1, 0.15) is 0 Å². The number of hydrogen-bond donors (Lipinski definition) is 4. The lowest BCUT2D eigenvalue weighted by molar-refractivity contribution is -0.128. The Kier molecular flexibility index (Phi) is 6.57. The summed E-state index contributed by atoms with van der Waals surface area (Å²) >= 11 is 0. The molecule has 2 amide bonds. The van der Waals surface area contributed by atoms with Crippen molar-refractivity contribution in [1.29, 1.82) is 0 Å². The molecule has 3 aromatic rings. The number of carbonyl (C=O) groups excluding carboxylic acids is 2. The van der Waals surface area contributed by atoms with Gasteiger partial charge in [0.05, 0.1) is 11.3 Å². The first-order valence-electron chi connectivity index (χ1n) is 10.7. The SMILES string of the molecule is O=C(CCNS(=O)(=O)c1ccc2c(c1)CCCC2)NNC(=O)Cc1c[nH]c2ccccc12. The minimum Gasteiger partial charge on any atom is -0.361 e. The number of aryl methyl sites for hydroxylation is 2. The Morgan fingerprint density at radius 3 is 2.53 bits per heavy atom. The first-order valence-corrected chi connectivity index (χ1v) is 12.1. The van der Waals surface area contributed by atoms with Gasteiger partial charge in [-0.15, -0.1) is 0 Å². The normalized spacial score (nSPS) is 13.5. The zero-order chi connectivity index (χ0) is 22.6. The number of H-pyrrole nitrogens is 1. The summed E-state index contributed by atoms with van der Waals surface area (Å²) in [6, 6.07) is 12.8. The van der Waals surface area contributed by atoms with Crippen molar-refractivity contribution < 1.29 is 18.0 Å². The zero-order valence-corrected chi connectivity index (χ0v) is 18.4. The number of benzene rings is 2. The summed E-state index contributed by atoms with van der Waals surface area (Å²) in [5, 5.41) is 0.950. The van der Waals surface area contributed by atoms with Crippen molar-refractivity contribution >= 4 is 32.7 Å². The van der Waals surface area contributed by atoms with Gasteiger partial charge in [0.25, 0.3) is 0 Å². The minimum absolute atomic E-state index is 0.0659. The molecular formula is C23H26N4O4S. The summed E-state index contributed by atoms with van der Waals surface area (Å²) in [7, 11) is -3.70. The first kappa shape index (κ1) is 22.0. The van der Waals surface area contributed by atoms with Gasteiger partial charge >= 0.3 is 0 Å². The quantitative estimate of drug-likeness (QED) is 0.409. The van der Waals surface area contributed by atoms with Gasteiger partial charge in [-0.3, -0.25) is 20.4 Å². The smallest absolute Gasteiger partial charge is 0.242 e. The number of fused-ring (bicyclic) bond motifs is 2. The fraction of sp³-hybridized carbons (Fsp3) is 0.304. The molecule has 0 bridgehead atoms. The van der Waals surface area contributed by atoms with Crippen LogP contribution in [0.1, 0.15) is 36.0 Å². The van der Waals surface area contributed by atoms with E-state index in [2.05, 4.69) is 20.6 Å². The highest BCUT2D eigenvalue weighted by Crippen LogP contribution is 2.24. The summed E-state index contributed by atoms with van der Waals surface area (Å²) in [5.41, 5.74) is 8.74. The predicted octanol–water partition coefficient (Wildman–Crippen LogP) is 2.11. The Labute approximate surface area is 186 Å². The molecular weight excluding hydrogens is 428 g/mol. The van der Waals surface area contributed by atoms with Crippen LogP contribution in [0.15, 0.2) is 53.6 Å². The standard InChI is InChI=1S/C23H26N4O4S/c28-22(26-27-23(29)14-18-15-24-21-8-4-3-7-20(18)21)11-12-25-32(30,31)19-10-9-16-5-1-2-6-17(16)13-19/h3-4,7-10,13,15,24-25H,1-2,5-6,11-12,14H2,(H,26,28)(H,27,29). The van der Waals surface area contributed by atoms with E-state index in [1.165, 1.54) is 5.56 Å². The van der Waals surface area contributed by atoms with Gasteiger partial charge in [0.2, 0.25) is 21.8 Å². The molecule has 8 nitrogen and oxygen atoms in total. The predicted molar refractivity (Wildman–Crippen MR) is 121 cm³/mol. The van der Waals surface area contributed by atoms with E-state index in [9.17, 15) is 18.0 Å². The van der Waals surface area contributed by atoms with E-state index in [1.54, 1.807) is 18.3 Å². The van der Waals surface area contributed by atoms with Crippen molar-refractivity contribution in [2.45, 2.75) is 43.4 Å². The average Bonchev–Trinajstić information content (AvgIpc) is 3.20. The summed E-state index contributed by atoms with van der Waals surface area (Å²) in [6.45, 7) is -0.0659. The highest BCUT2D eigenvalue weighted by molar-refractivity contribution is 7.89. The fourth-order valence-electron chi connectivity index (χ4n) is 3.96. The topological polar surface area (TPSA) is 120 Å². The molecule has 1 aliphatic rings. The van der Waals surface area contributed by atoms with Crippen LogP contribution in [0, 0.1) is 0 Å². The van der Waals surface area contributed by atoms with E-state index >= 15 is 0 Å². The second-order valence-corrected chi connectivity index (χ2v) is 9.68. The summed E-state index contributed by atoms with van der Waals surface area (Å²) < 4.78 is 27.5. The Hall–Kier alpha value is -3.17. The van der Waals surface area contributed by atoms with Gasteiger partial charge in [-0.2, -0.15) is 0 Å². The Morgan fingerprint density at radius 1 is 0.938 bits per heavy atom. The molecule has 0 spiro atoms. The van der Waals surface area contributed by atoms with E-state index in [0.717, 1.165) is 47.7 Å². The summed E-state index contributed by atoms with van der Waals surface area (Å²) in [6.07, 6.45) is 5.84. The van der Waals surface area contributed by atoms with E-state index < -0.39 is 15.9 Å². The number of rotatable bonds is 7. The number of hydrogen-bond acceptors (Lipinski definition) is 4. The van der Waals surface area contributed by atoms with Gasteiger partial charge in [-0.05, 0) is 60.6 Å². The molecule has 1 aliphatic carbocycles. The van der Waals surface area contributed by atoms with Crippen LogP contribution in [0.5, 0.6) is 0 Å². The Morgan fingerprint density at radius 2 is 1.69 bits per heavy atom. The van der Waals surface area contributed by atoms with Crippen LogP contribution in [0.25, 0.3) is 10.9 Å². The van der Waals surface area contributed by atoms with Gasteiger partial charge in [0.15, 0.2) is 0 Å². The van der Waals surface area contributed by atoms with E-state index in [-0.39, 0.29) is 30.2 Å². The summed E-state index contributed by atoms with van der Waals surface area (Å²) in [5.74, 6) is -0.844. The van der Waals surface area contributed by atoms with Crippen molar-refractivity contribution in [3.05, 3.63) is 65.4 Å². The van der Waals surface area contributed by atoms with Crippen LogP contribution in [-0.4, -0.2) is 31.8 Å². The number of sulfonamides is 1. The average molecular weight is 455 g/mol. The van der Waals surface area contributed by atoms with Crippen LogP contribution in [0.4, 0.5) is 0 Å². The molecule has 0 radical (unpaired) electrons. The molecule has 2 aromatic carbocycles. The highest BCUT2D eigenvalue weighted by atomic mass is 32.2. The van der Waals surface area contributed by atoms with Crippen LogP contribution < -0.4 is 15.6 Å². The lowest BCUT2D eigenvalue weighted by atomic mass is 9.92. The molecule has 1 heterocycles. The third-order valence-electron chi connectivity index (χ3n) is 5.64. The van der Waals surface area contributed by atoms with Gasteiger partial charge in [-0.25, -0.2) is 13.1 Å².